The number of rotatable bonds is 3. The molecule has 0 radical (unpaired) electrons. The van der Waals surface area contributed by atoms with Gasteiger partial charge in [0.25, 0.3) is 0 Å². The van der Waals surface area contributed by atoms with E-state index in [0.717, 1.165) is 58.2 Å². The fraction of sp³-hybridized carbons (Fsp3) is 0.875. The summed E-state index contributed by atoms with van der Waals surface area (Å²) in [6, 6.07) is 0.286. The number of nitrogens with one attached hydrogen (secondary N) is 2. The van der Waals surface area contributed by atoms with Crippen molar-refractivity contribution in [1.29, 1.82) is 0 Å². The Kier molecular flexibility index (Phi) is 4.78. The zero-order valence-electron chi connectivity index (χ0n) is 12.8. The van der Waals surface area contributed by atoms with E-state index >= 15 is 0 Å². The van der Waals surface area contributed by atoms with Gasteiger partial charge in [0.2, 0.25) is 11.8 Å². The predicted octanol–water partition coefficient (Wildman–Crippen LogP) is 1.04. The van der Waals surface area contributed by atoms with Gasteiger partial charge in [-0.3, -0.25) is 9.59 Å². The van der Waals surface area contributed by atoms with Gasteiger partial charge in [0.05, 0.1) is 6.04 Å². The van der Waals surface area contributed by atoms with Gasteiger partial charge in [-0.1, -0.05) is 12.8 Å². The minimum atomic E-state index is 0.0186. The molecule has 5 nitrogen and oxygen atoms in total. The monoisotopic (exact) mass is 293 g/mol. The molecule has 0 aromatic heterocycles. The Morgan fingerprint density at radius 1 is 0.952 bits per heavy atom. The Morgan fingerprint density at radius 3 is 2.43 bits per heavy atom. The van der Waals surface area contributed by atoms with Gasteiger partial charge in [-0.15, -0.1) is 0 Å². The van der Waals surface area contributed by atoms with Crippen LogP contribution in [0.2, 0.25) is 0 Å². The molecule has 3 aliphatic rings. The molecule has 0 aromatic rings. The Balaban J connectivity index is 1.43. The normalized spacial score (nSPS) is 28.0. The van der Waals surface area contributed by atoms with Gasteiger partial charge in [-0.05, 0) is 45.1 Å². The first-order valence-corrected chi connectivity index (χ1v) is 8.56. The molecule has 1 atom stereocenters. The fourth-order valence-electron chi connectivity index (χ4n) is 3.37. The third-order valence-corrected chi connectivity index (χ3v) is 4.96. The maximum Gasteiger partial charge on any atom is 0.239 e. The topological polar surface area (TPSA) is 61.4 Å². The van der Waals surface area contributed by atoms with Crippen LogP contribution in [0.4, 0.5) is 0 Å². The molecular formula is C16H27N3O2. The summed E-state index contributed by atoms with van der Waals surface area (Å²) in [4.78, 5) is 26.3. The fourth-order valence-corrected chi connectivity index (χ4v) is 3.37. The predicted molar refractivity (Wildman–Crippen MR) is 80.7 cm³/mol. The van der Waals surface area contributed by atoms with Crippen molar-refractivity contribution < 1.29 is 9.59 Å². The summed E-state index contributed by atoms with van der Waals surface area (Å²) in [5, 5.41) is 6.52. The first-order chi connectivity index (χ1) is 10.2. The third-order valence-electron chi connectivity index (χ3n) is 4.96. The van der Waals surface area contributed by atoms with Crippen molar-refractivity contribution in [2.75, 3.05) is 19.6 Å². The van der Waals surface area contributed by atoms with Crippen molar-refractivity contribution in [3.05, 3.63) is 0 Å². The second-order valence-corrected chi connectivity index (χ2v) is 6.74. The Bertz CT molecular complexity index is 379. The van der Waals surface area contributed by atoms with Gasteiger partial charge in [-0.2, -0.15) is 0 Å². The molecule has 3 fully saturated rings. The summed E-state index contributed by atoms with van der Waals surface area (Å²) in [7, 11) is 0. The maximum absolute atomic E-state index is 12.5. The largest absolute Gasteiger partial charge is 0.353 e. The van der Waals surface area contributed by atoms with Crippen LogP contribution >= 0.6 is 0 Å². The zero-order chi connectivity index (χ0) is 14.7. The van der Waals surface area contributed by atoms with Gasteiger partial charge in [0.1, 0.15) is 0 Å². The Morgan fingerprint density at radius 2 is 1.71 bits per heavy atom. The molecule has 118 valence electrons. The molecular weight excluding hydrogens is 266 g/mol. The number of hydrogen-bond donors (Lipinski definition) is 2. The number of nitrogens with zero attached hydrogens (tertiary/aromatic N) is 1. The van der Waals surface area contributed by atoms with Crippen molar-refractivity contribution in [3.63, 3.8) is 0 Å². The lowest BCUT2D eigenvalue weighted by Crippen LogP contribution is -2.52. The number of amides is 2. The lowest BCUT2D eigenvalue weighted by Gasteiger charge is -2.34. The second kappa shape index (κ2) is 6.77. The van der Waals surface area contributed by atoms with E-state index in [1.54, 1.807) is 0 Å². The van der Waals surface area contributed by atoms with E-state index in [1.165, 1.54) is 12.8 Å². The van der Waals surface area contributed by atoms with Crippen molar-refractivity contribution >= 4 is 11.8 Å². The van der Waals surface area contributed by atoms with Crippen molar-refractivity contribution in [1.82, 2.24) is 15.5 Å². The van der Waals surface area contributed by atoms with Crippen LogP contribution in [0.1, 0.15) is 51.4 Å². The highest BCUT2D eigenvalue weighted by atomic mass is 16.2. The smallest absolute Gasteiger partial charge is 0.239 e. The second-order valence-electron chi connectivity index (χ2n) is 6.74. The molecule has 0 bridgehead atoms. The van der Waals surface area contributed by atoms with Gasteiger partial charge < -0.3 is 15.5 Å². The molecule has 2 saturated heterocycles. The summed E-state index contributed by atoms with van der Waals surface area (Å²) in [6.07, 6.45) is 8.43. The lowest BCUT2D eigenvalue weighted by atomic mass is 10.0. The minimum absolute atomic E-state index is 0.0186. The van der Waals surface area contributed by atoms with Crippen molar-refractivity contribution in [3.8, 4) is 0 Å². The van der Waals surface area contributed by atoms with E-state index in [2.05, 4.69) is 10.6 Å². The van der Waals surface area contributed by atoms with Crippen LogP contribution < -0.4 is 10.6 Å². The highest BCUT2D eigenvalue weighted by Crippen LogP contribution is 2.29. The van der Waals surface area contributed by atoms with Gasteiger partial charge in [0, 0.05) is 25.0 Å². The van der Waals surface area contributed by atoms with Gasteiger partial charge in [0.15, 0.2) is 0 Å². The van der Waals surface area contributed by atoms with Crippen LogP contribution in [0, 0.1) is 5.92 Å². The number of hydrogen-bond acceptors (Lipinski definition) is 3. The molecule has 3 rings (SSSR count). The molecule has 2 aliphatic heterocycles. The van der Waals surface area contributed by atoms with Crippen LogP contribution in [0.25, 0.3) is 0 Å². The molecule has 0 spiro atoms. The average molecular weight is 293 g/mol. The quantitative estimate of drug-likeness (QED) is 0.817. The molecule has 2 amide bonds. The standard InChI is InChI=1S/C16H27N3O2/c20-15(12-5-6-12)18-13-7-10-19(11-8-13)16(21)14-4-2-1-3-9-17-14/h12-14,17H,1-11H2,(H,18,20). The van der Waals surface area contributed by atoms with Gasteiger partial charge in [-0.25, -0.2) is 0 Å². The SMILES string of the molecule is O=C(NC1CCN(C(=O)C2CCCCCN2)CC1)C1CC1. The molecule has 21 heavy (non-hydrogen) atoms. The van der Waals surface area contributed by atoms with Crippen LogP contribution in [0.5, 0.6) is 0 Å². The van der Waals surface area contributed by atoms with E-state index in [0.29, 0.717) is 0 Å². The van der Waals surface area contributed by atoms with Crippen LogP contribution in [-0.4, -0.2) is 48.4 Å². The number of carbonyl (C=O) groups is 2. The summed E-state index contributed by atoms with van der Waals surface area (Å²) >= 11 is 0. The highest BCUT2D eigenvalue weighted by molar-refractivity contribution is 5.82. The number of piperidine rings is 1. The first kappa shape index (κ1) is 14.8. The molecule has 1 unspecified atom stereocenters. The first-order valence-electron chi connectivity index (χ1n) is 8.56. The molecule has 2 heterocycles. The average Bonchev–Trinajstić information content (AvgIpc) is 3.34. The van der Waals surface area contributed by atoms with Crippen LogP contribution in [-0.2, 0) is 9.59 Å². The summed E-state index contributed by atoms with van der Waals surface area (Å²) in [5.74, 6) is 0.772. The maximum atomic E-state index is 12.5. The van der Waals surface area contributed by atoms with Crippen LogP contribution in [0.15, 0.2) is 0 Å². The van der Waals surface area contributed by atoms with E-state index in [1.807, 2.05) is 4.90 Å². The van der Waals surface area contributed by atoms with Crippen LogP contribution in [0.3, 0.4) is 0 Å². The van der Waals surface area contributed by atoms with E-state index in [9.17, 15) is 9.59 Å². The zero-order valence-corrected chi connectivity index (χ0v) is 12.8. The summed E-state index contributed by atoms with van der Waals surface area (Å²) in [5.41, 5.74) is 0. The Hall–Kier alpha value is -1.10. The highest BCUT2D eigenvalue weighted by Gasteiger charge is 2.33. The van der Waals surface area contributed by atoms with E-state index < -0.39 is 0 Å². The molecule has 1 saturated carbocycles. The number of likely N-dealkylation sites (tertiary alicyclic amines) is 1. The Labute approximate surface area is 126 Å². The lowest BCUT2D eigenvalue weighted by molar-refractivity contribution is -0.134. The van der Waals surface area contributed by atoms with E-state index in [-0.39, 0.29) is 29.8 Å². The molecule has 0 aromatic carbocycles. The minimum Gasteiger partial charge on any atom is -0.353 e. The summed E-state index contributed by atoms with van der Waals surface area (Å²) < 4.78 is 0. The van der Waals surface area contributed by atoms with Crippen molar-refractivity contribution in [2.45, 2.75) is 63.5 Å². The van der Waals surface area contributed by atoms with Crippen molar-refractivity contribution in [2.24, 2.45) is 5.92 Å². The number of carbonyl (C=O) groups excluding carboxylic acids is 2. The van der Waals surface area contributed by atoms with E-state index in [4.69, 9.17) is 0 Å². The summed E-state index contributed by atoms with van der Waals surface area (Å²) in [6.45, 7) is 2.53. The third kappa shape index (κ3) is 3.96. The van der Waals surface area contributed by atoms with Gasteiger partial charge >= 0.3 is 0 Å². The molecule has 2 N–H and O–H groups in total. The molecule has 1 aliphatic carbocycles. The molecule has 5 heteroatoms.